The normalized spacial score (nSPS) is 27.0. The molecular weight excluding hydrogens is 228 g/mol. The number of hydrogen-bond donors (Lipinski definition) is 1. The molecule has 2 heterocycles. The summed E-state index contributed by atoms with van der Waals surface area (Å²) in [7, 11) is 2.25. The highest BCUT2D eigenvalue weighted by Gasteiger charge is 2.28. The van der Waals surface area contributed by atoms with E-state index in [1.54, 1.807) is 0 Å². The van der Waals surface area contributed by atoms with Gasteiger partial charge in [0.05, 0.1) is 0 Å². The smallest absolute Gasteiger partial charge is 0.0478 e. The Morgan fingerprint density at radius 2 is 2.24 bits per heavy atom. The van der Waals surface area contributed by atoms with Crippen molar-refractivity contribution in [1.29, 1.82) is 0 Å². The maximum atomic E-state index is 5.98. The average molecular weight is 252 g/mol. The summed E-state index contributed by atoms with van der Waals surface area (Å²) in [6.45, 7) is 4.25. The molecule has 1 fully saturated rings. The monoisotopic (exact) mass is 252 g/mol. The van der Waals surface area contributed by atoms with Gasteiger partial charge in [-0.3, -0.25) is 4.90 Å². The molecule has 2 nitrogen and oxygen atoms in total. The summed E-state index contributed by atoms with van der Waals surface area (Å²) >= 11 is 1.97. The standard InChI is InChI=1S/C14H24N2S/c1-3-12-7-8-13(17-12)14-11(10-15)6-4-5-9-16(14)2/h7-8,11,14H,3-6,9-10,15H2,1-2H3. The molecule has 1 aromatic rings. The Morgan fingerprint density at radius 3 is 2.88 bits per heavy atom. The number of rotatable bonds is 3. The lowest BCUT2D eigenvalue weighted by Gasteiger charge is -2.30. The first-order valence-electron chi connectivity index (χ1n) is 6.75. The van der Waals surface area contributed by atoms with E-state index >= 15 is 0 Å². The van der Waals surface area contributed by atoms with Crippen LogP contribution in [0.25, 0.3) is 0 Å². The van der Waals surface area contributed by atoms with Crippen LogP contribution in [-0.2, 0) is 6.42 Å². The van der Waals surface area contributed by atoms with E-state index in [4.69, 9.17) is 5.73 Å². The summed E-state index contributed by atoms with van der Waals surface area (Å²) < 4.78 is 0. The molecular formula is C14H24N2S. The third-order valence-electron chi connectivity index (χ3n) is 3.88. The van der Waals surface area contributed by atoms with Gasteiger partial charge in [-0.1, -0.05) is 13.3 Å². The van der Waals surface area contributed by atoms with Crippen molar-refractivity contribution in [1.82, 2.24) is 4.90 Å². The second kappa shape index (κ2) is 5.98. The zero-order valence-corrected chi connectivity index (χ0v) is 11.8. The van der Waals surface area contributed by atoms with Gasteiger partial charge in [0.2, 0.25) is 0 Å². The van der Waals surface area contributed by atoms with Crippen molar-refractivity contribution in [2.75, 3.05) is 20.1 Å². The van der Waals surface area contributed by atoms with Gasteiger partial charge in [-0.05, 0) is 57.5 Å². The number of hydrogen-bond acceptors (Lipinski definition) is 3. The van der Waals surface area contributed by atoms with Crippen molar-refractivity contribution in [3.8, 4) is 0 Å². The molecule has 1 aliphatic rings. The molecule has 17 heavy (non-hydrogen) atoms. The van der Waals surface area contributed by atoms with E-state index in [0.717, 1.165) is 13.0 Å². The SMILES string of the molecule is CCc1ccc(C2C(CN)CCCCN2C)s1. The van der Waals surface area contributed by atoms with E-state index in [2.05, 4.69) is 31.0 Å². The molecule has 2 rings (SSSR count). The highest BCUT2D eigenvalue weighted by atomic mass is 32.1. The van der Waals surface area contributed by atoms with Crippen molar-refractivity contribution in [2.45, 2.75) is 38.6 Å². The van der Waals surface area contributed by atoms with Crippen molar-refractivity contribution in [3.63, 3.8) is 0 Å². The van der Waals surface area contributed by atoms with E-state index in [1.807, 2.05) is 11.3 Å². The molecule has 1 aromatic heterocycles. The van der Waals surface area contributed by atoms with Crippen LogP contribution in [0.15, 0.2) is 12.1 Å². The molecule has 0 amide bonds. The molecule has 2 atom stereocenters. The molecule has 1 saturated heterocycles. The van der Waals surface area contributed by atoms with Crippen molar-refractivity contribution < 1.29 is 0 Å². The van der Waals surface area contributed by atoms with Crippen LogP contribution < -0.4 is 5.73 Å². The Labute approximate surface area is 109 Å². The van der Waals surface area contributed by atoms with Gasteiger partial charge in [-0.25, -0.2) is 0 Å². The molecule has 0 aliphatic carbocycles. The minimum Gasteiger partial charge on any atom is -0.330 e. The molecule has 3 heteroatoms. The summed E-state index contributed by atoms with van der Waals surface area (Å²) in [5.74, 6) is 0.630. The van der Waals surface area contributed by atoms with Gasteiger partial charge >= 0.3 is 0 Å². The Morgan fingerprint density at radius 1 is 1.41 bits per heavy atom. The third-order valence-corrected chi connectivity index (χ3v) is 5.18. The lowest BCUT2D eigenvalue weighted by atomic mass is 9.94. The van der Waals surface area contributed by atoms with Crippen LogP contribution in [0.4, 0.5) is 0 Å². The maximum absolute atomic E-state index is 5.98. The molecule has 0 aromatic carbocycles. The summed E-state index contributed by atoms with van der Waals surface area (Å²) in [6.07, 6.45) is 5.07. The minimum absolute atomic E-state index is 0.549. The third kappa shape index (κ3) is 2.90. The molecule has 0 bridgehead atoms. The van der Waals surface area contributed by atoms with E-state index in [-0.39, 0.29) is 0 Å². The lowest BCUT2D eigenvalue weighted by molar-refractivity contribution is 0.199. The van der Waals surface area contributed by atoms with Crippen molar-refractivity contribution in [2.24, 2.45) is 11.7 Å². The van der Waals surface area contributed by atoms with Crippen LogP contribution in [0.3, 0.4) is 0 Å². The molecule has 96 valence electrons. The van der Waals surface area contributed by atoms with E-state index in [9.17, 15) is 0 Å². The van der Waals surface area contributed by atoms with E-state index < -0.39 is 0 Å². The fourth-order valence-electron chi connectivity index (χ4n) is 2.86. The molecule has 2 unspecified atom stereocenters. The van der Waals surface area contributed by atoms with Gasteiger partial charge < -0.3 is 5.73 Å². The first-order valence-corrected chi connectivity index (χ1v) is 7.56. The Kier molecular flexibility index (Phi) is 4.60. The first-order chi connectivity index (χ1) is 8.26. The van der Waals surface area contributed by atoms with Gasteiger partial charge in [0, 0.05) is 15.8 Å². The summed E-state index contributed by atoms with van der Waals surface area (Å²) in [6, 6.07) is 5.15. The Balaban J connectivity index is 2.23. The topological polar surface area (TPSA) is 29.3 Å². The predicted octanol–water partition coefficient (Wildman–Crippen LogP) is 3.04. The summed E-state index contributed by atoms with van der Waals surface area (Å²) in [5.41, 5.74) is 5.98. The van der Waals surface area contributed by atoms with Crippen LogP contribution in [0, 0.1) is 5.92 Å². The van der Waals surface area contributed by atoms with Crippen LogP contribution in [0.5, 0.6) is 0 Å². The fraction of sp³-hybridized carbons (Fsp3) is 0.714. The second-order valence-corrected chi connectivity index (χ2v) is 6.27. The molecule has 1 aliphatic heterocycles. The zero-order chi connectivity index (χ0) is 12.3. The van der Waals surface area contributed by atoms with Crippen LogP contribution in [0.1, 0.15) is 42.0 Å². The molecule has 2 N–H and O–H groups in total. The van der Waals surface area contributed by atoms with Crippen molar-refractivity contribution in [3.05, 3.63) is 21.9 Å². The average Bonchev–Trinajstić information content (AvgIpc) is 2.73. The largest absolute Gasteiger partial charge is 0.330 e. The van der Waals surface area contributed by atoms with E-state index in [0.29, 0.717) is 12.0 Å². The summed E-state index contributed by atoms with van der Waals surface area (Å²) in [5, 5.41) is 0. The number of thiophene rings is 1. The van der Waals surface area contributed by atoms with Gasteiger partial charge in [-0.2, -0.15) is 0 Å². The van der Waals surface area contributed by atoms with Gasteiger partial charge in [0.25, 0.3) is 0 Å². The number of nitrogens with two attached hydrogens (primary N) is 1. The van der Waals surface area contributed by atoms with Crippen LogP contribution in [0.2, 0.25) is 0 Å². The van der Waals surface area contributed by atoms with Crippen LogP contribution >= 0.6 is 11.3 Å². The van der Waals surface area contributed by atoms with Gasteiger partial charge in [-0.15, -0.1) is 11.3 Å². The zero-order valence-electron chi connectivity index (χ0n) is 11.0. The highest BCUT2D eigenvalue weighted by molar-refractivity contribution is 7.12. The quantitative estimate of drug-likeness (QED) is 0.896. The lowest BCUT2D eigenvalue weighted by Crippen LogP contribution is -2.32. The fourth-order valence-corrected chi connectivity index (χ4v) is 4.08. The molecule has 0 saturated carbocycles. The minimum atomic E-state index is 0.549. The second-order valence-electron chi connectivity index (χ2n) is 5.07. The predicted molar refractivity (Wildman–Crippen MR) is 75.5 cm³/mol. The van der Waals surface area contributed by atoms with E-state index in [1.165, 1.54) is 35.6 Å². The van der Waals surface area contributed by atoms with Crippen molar-refractivity contribution >= 4 is 11.3 Å². The molecule has 0 radical (unpaired) electrons. The first kappa shape index (κ1) is 13.1. The number of nitrogens with zero attached hydrogens (tertiary/aromatic N) is 1. The number of aryl methyl sites for hydroxylation is 1. The highest BCUT2D eigenvalue weighted by Crippen LogP contribution is 2.37. The summed E-state index contributed by atoms with van der Waals surface area (Å²) in [4.78, 5) is 5.52. The van der Waals surface area contributed by atoms with Gasteiger partial charge in [0.15, 0.2) is 0 Å². The van der Waals surface area contributed by atoms with Crippen LogP contribution in [-0.4, -0.2) is 25.0 Å². The van der Waals surface area contributed by atoms with Gasteiger partial charge in [0.1, 0.15) is 0 Å². The Hall–Kier alpha value is -0.380. The Bertz CT molecular complexity index is 348. The maximum Gasteiger partial charge on any atom is 0.0478 e. The number of likely N-dealkylation sites (tertiary alicyclic amines) is 1. The molecule has 0 spiro atoms.